The van der Waals surface area contributed by atoms with Gasteiger partial charge >= 0.3 is 0 Å². The molecule has 0 N–H and O–H groups in total. The quantitative estimate of drug-likeness (QED) is 0.672. The van der Waals surface area contributed by atoms with Gasteiger partial charge in [-0.2, -0.15) is 0 Å². The molecular weight excluding hydrogens is 271 g/mol. The number of rotatable bonds is 0. The van der Waals surface area contributed by atoms with Crippen LogP contribution in [-0.4, -0.2) is 19.0 Å². The molecule has 0 aromatic heterocycles. The molecule has 2 atom stereocenters. The lowest BCUT2D eigenvalue weighted by Gasteiger charge is -2.59. The third-order valence-electron chi connectivity index (χ3n) is 5.14. The van der Waals surface area contributed by atoms with E-state index in [1.807, 2.05) is 12.2 Å². The van der Waals surface area contributed by atoms with Gasteiger partial charge in [0, 0.05) is 22.9 Å². The van der Waals surface area contributed by atoms with E-state index in [2.05, 4.69) is 0 Å². The van der Waals surface area contributed by atoms with E-state index in [0.717, 1.165) is 22.9 Å². The molecule has 1 spiro atoms. The van der Waals surface area contributed by atoms with E-state index in [1.165, 1.54) is 19.3 Å². The van der Waals surface area contributed by atoms with Crippen LogP contribution in [0.25, 0.3) is 0 Å². The maximum Gasteiger partial charge on any atom is 0.168 e. The average Bonchev–Trinajstić information content (AvgIpc) is 2.44. The van der Waals surface area contributed by atoms with Gasteiger partial charge in [0.1, 0.15) is 0 Å². The largest absolute Gasteiger partial charge is 0.349 e. The second-order valence-corrected chi connectivity index (χ2v) is 6.79. The van der Waals surface area contributed by atoms with E-state index in [1.54, 1.807) is 0 Å². The van der Waals surface area contributed by atoms with Crippen LogP contribution in [0, 0.1) is 10.8 Å². The summed E-state index contributed by atoms with van der Waals surface area (Å²) in [5.74, 6) is -0.379. The first-order chi connectivity index (χ1) is 8.63. The van der Waals surface area contributed by atoms with Crippen LogP contribution in [0.3, 0.4) is 0 Å². The molecule has 0 aromatic rings. The zero-order valence-corrected chi connectivity index (χ0v) is 11.7. The summed E-state index contributed by atoms with van der Waals surface area (Å²) in [5, 5.41) is 1.73. The summed E-state index contributed by atoms with van der Waals surface area (Å²) >= 11 is 12.6. The van der Waals surface area contributed by atoms with Crippen LogP contribution < -0.4 is 0 Å². The van der Waals surface area contributed by atoms with E-state index in [4.69, 9.17) is 32.7 Å². The molecular formula is C14H16Cl2O2. The van der Waals surface area contributed by atoms with Crippen molar-refractivity contribution < 1.29 is 9.47 Å². The molecule has 3 aliphatic carbocycles. The molecule has 1 saturated carbocycles. The van der Waals surface area contributed by atoms with Crippen LogP contribution in [0.15, 0.2) is 22.2 Å². The molecule has 4 heteroatoms. The molecule has 1 saturated heterocycles. The summed E-state index contributed by atoms with van der Waals surface area (Å²) in [6.45, 7) is 1.22. The number of halogens is 2. The van der Waals surface area contributed by atoms with Crippen molar-refractivity contribution in [1.82, 2.24) is 0 Å². The highest BCUT2D eigenvalue weighted by Crippen LogP contribution is 2.71. The van der Waals surface area contributed by atoms with Crippen LogP contribution in [-0.2, 0) is 9.47 Å². The SMILES string of the molecule is ClC1=C[C@]23COC4(CCCCC4)OC[C@@]12C=C3Cl. The topological polar surface area (TPSA) is 18.5 Å². The van der Waals surface area contributed by atoms with E-state index in [-0.39, 0.29) is 16.6 Å². The van der Waals surface area contributed by atoms with E-state index in [0.29, 0.717) is 13.2 Å². The summed E-state index contributed by atoms with van der Waals surface area (Å²) in [5.41, 5.74) is -0.376. The normalized spacial score (nSPS) is 44.8. The van der Waals surface area contributed by atoms with Gasteiger partial charge in [-0.3, -0.25) is 0 Å². The Bertz CT molecular complexity index is 428. The first kappa shape index (κ1) is 11.8. The van der Waals surface area contributed by atoms with Crippen LogP contribution in [0.4, 0.5) is 0 Å². The first-order valence-corrected chi connectivity index (χ1v) is 7.44. The summed E-state index contributed by atoms with van der Waals surface area (Å²) < 4.78 is 12.3. The molecule has 4 rings (SSSR count). The number of hydrogen-bond donors (Lipinski definition) is 0. The lowest BCUT2D eigenvalue weighted by atomic mass is 9.48. The van der Waals surface area contributed by atoms with Crippen molar-refractivity contribution in [3.8, 4) is 0 Å². The standard InChI is InChI=1S/C14H16Cl2O2/c15-10-6-12-8-17-14(4-2-1-3-5-14)18-9-13(10,12)7-11(12)16/h6-7H,1-5,8-9H2/t12-,13+. The van der Waals surface area contributed by atoms with Crippen LogP contribution in [0.2, 0.25) is 0 Å². The number of ether oxygens (including phenoxy) is 2. The van der Waals surface area contributed by atoms with Crippen molar-refractivity contribution in [1.29, 1.82) is 0 Å². The lowest BCUT2D eigenvalue weighted by molar-refractivity contribution is -0.244. The molecule has 98 valence electrons. The second-order valence-electron chi connectivity index (χ2n) is 5.98. The zero-order valence-electron chi connectivity index (χ0n) is 10.2. The monoisotopic (exact) mass is 286 g/mol. The molecule has 0 amide bonds. The number of hydrogen-bond acceptors (Lipinski definition) is 2. The van der Waals surface area contributed by atoms with Gasteiger partial charge < -0.3 is 9.47 Å². The first-order valence-electron chi connectivity index (χ1n) is 6.68. The lowest BCUT2D eigenvalue weighted by Crippen LogP contribution is -2.58. The van der Waals surface area contributed by atoms with Crippen LogP contribution >= 0.6 is 23.2 Å². The third-order valence-corrected chi connectivity index (χ3v) is 6.03. The molecule has 4 aliphatic rings. The Kier molecular flexibility index (Phi) is 2.32. The molecule has 2 fully saturated rings. The fourth-order valence-corrected chi connectivity index (χ4v) is 4.67. The maximum absolute atomic E-state index is 6.29. The highest BCUT2D eigenvalue weighted by molar-refractivity contribution is 6.36. The smallest absolute Gasteiger partial charge is 0.168 e. The summed E-state index contributed by atoms with van der Waals surface area (Å²) in [4.78, 5) is 0. The Morgan fingerprint density at radius 1 is 0.833 bits per heavy atom. The van der Waals surface area contributed by atoms with Crippen molar-refractivity contribution in [2.75, 3.05) is 13.2 Å². The molecule has 18 heavy (non-hydrogen) atoms. The predicted octanol–water partition coefficient (Wildman–Crippen LogP) is 3.94. The van der Waals surface area contributed by atoms with Gasteiger partial charge in [-0.25, -0.2) is 0 Å². The van der Waals surface area contributed by atoms with Gasteiger partial charge in [0.05, 0.1) is 24.0 Å². The minimum atomic E-state index is -0.379. The van der Waals surface area contributed by atoms with Gasteiger partial charge in [0.2, 0.25) is 0 Å². The van der Waals surface area contributed by atoms with Crippen molar-refractivity contribution in [3.63, 3.8) is 0 Å². The van der Waals surface area contributed by atoms with E-state index < -0.39 is 0 Å². The summed E-state index contributed by atoms with van der Waals surface area (Å²) in [7, 11) is 0. The molecule has 0 aromatic carbocycles. The van der Waals surface area contributed by atoms with E-state index in [9.17, 15) is 0 Å². The summed E-state index contributed by atoms with van der Waals surface area (Å²) in [6.07, 6.45) is 9.72. The fraction of sp³-hybridized carbons (Fsp3) is 0.714. The molecule has 2 nitrogen and oxygen atoms in total. The van der Waals surface area contributed by atoms with Crippen molar-refractivity contribution in [2.24, 2.45) is 10.8 Å². The predicted molar refractivity (Wildman–Crippen MR) is 70.5 cm³/mol. The highest BCUT2D eigenvalue weighted by atomic mass is 35.5. The highest BCUT2D eigenvalue weighted by Gasteiger charge is 2.68. The van der Waals surface area contributed by atoms with Crippen molar-refractivity contribution >= 4 is 23.2 Å². The third kappa shape index (κ3) is 1.19. The molecule has 1 aliphatic heterocycles. The fourth-order valence-electron chi connectivity index (χ4n) is 3.75. The Hall–Kier alpha value is -0.0200. The summed E-state index contributed by atoms with van der Waals surface area (Å²) in [6, 6.07) is 0. The van der Waals surface area contributed by atoms with Crippen molar-refractivity contribution in [3.05, 3.63) is 22.2 Å². The Morgan fingerprint density at radius 3 is 1.78 bits per heavy atom. The van der Waals surface area contributed by atoms with Gasteiger partial charge in [-0.1, -0.05) is 41.8 Å². The van der Waals surface area contributed by atoms with Gasteiger partial charge in [-0.15, -0.1) is 0 Å². The minimum absolute atomic E-state index is 0.188. The van der Waals surface area contributed by atoms with Crippen molar-refractivity contribution in [2.45, 2.75) is 37.9 Å². The Labute approximate surface area is 117 Å². The van der Waals surface area contributed by atoms with Gasteiger partial charge in [0.15, 0.2) is 5.79 Å². The van der Waals surface area contributed by atoms with Gasteiger partial charge in [0.25, 0.3) is 0 Å². The molecule has 0 unspecified atom stereocenters. The Balaban J connectivity index is 1.65. The van der Waals surface area contributed by atoms with Crippen LogP contribution in [0.5, 0.6) is 0 Å². The Morgan fingerprint density at radius 2 is 1.33 bits per heavy atom. The van der Waals surface area contributed by atoms with E-state index >= 15 is 0 Å². The molecule has 0 radical (unpaired) electrons. The zero-order chi connectivity index (χ0) is 12.4. The average molecular weight is 287 g/mol. The van der Waals surface area contributed by atoms with Gasteiger partial charge in [-0.05, 0) is 12.8 Å². The molecule has 1 heterocycles. The van der Waals surface area contributed by atoms with Crippen LogP contribution in [0.1, 0.15) is 32.1 Å². The minimum Gasteiger partial charge on any atom is -0.349 e. The second kappa shape index (κ2) is 3.54. The maximum atomic E-state index is 6.29. The molecule has 0 bridgehead atoms.